The van der Waals surface area contributed by atoms with Crippen LogP contribution in [0.2, 0.25) is 0 Å². The van der Waals surface area contributed by atoms with Crippen LogP contribution in [0.25, 0.3) is 0 Å². The van der Waals surface area contributed by atoms with Crippen LogP contribution in [-0.2, 0) is 0 Å². The van der Waals surface area contributed by atoms with Gasteiger partial charge in [0.15, 0.2) is 0 Å². The quantitative estimate of drug-likeness (QED) is 0.768. The predicted molar refractivity (Wildman–Crippen MR) is 55.9 cm³/mol. The van der Waals surface area contributed by atoms with Crippen LogP contribution in [0.1, 0.15) is 37.5 Å². The summed E-state index contributed by atoms with van der Waals surface area (Å²) >= 11 is 0. The molecule has 1 aromatic heterocycles. The molecule has 0 aliphatic heterocycles. The number of furan rings is 1. The van der Waals surface area contributed by atoms with Gasteiger partial charge in [0, 0.05) is 12.6 Å². The van der Waals surface area contributed by atoms with Crippen LogP contribution in [0.4, 0.5) is 0 Å². The molecule has 0 amide bonds. The Balaban J connectivity index is 1.93. The molecule has 1 atom stereocenters. The van der Waals surface area contributed by atoms with Crippen LogP contribution in [-0.4, -0.2) is 12.6 Å². The smallest absolute Gasteiger partial charge is 0.121 e. The summed E-state index contributed by atoms with van der Waals surface area (Å²) in [5.74, 6) is 0.958. The molecule has 1 aromatic rings. The third-order valence-electron chi connectivity index (χ3n) is 2.91. The average Bonchev–Trinajstić information content (AvgIpc) is 2.86. The number of nitrogens with one attached hydrogen (secondary N) is 1. The topological polar surface area (TPSA) is 51.2 Å². The van der Waals surface area contributed by atoms with Crippen molar-refractivity contribution < 1.29 is 4.42 Å². The van der Waals surface area contributed by atoms with E-state index in [1.54, 1.807) is 6.26 Å². The Morgan fingerprint density at radius 1 is 1.50 bits per heavy atom. The summed E-state index contributed by atoms with van der Waals surface area (Å²) in [6.45, 7) is 0.601. The standard InChI is InChI=1S/C11H18N2O/c12-8-10(11-6-3-7-14-11)13-9-4-1-2-5-9/h3,6-7,9-10,13H,1-2,4-5,8,12H2. The zero-order valence-electron chi connectivity index (χ0n) is 8.41. The van der Waals surface area contributed by atoms with Gasteiger partial charge in [-0.1, -0.05) is 12.8 Å². The molecule has 1 heterocycles. The molecule has 0 spiro atoms. The van der Waals surface area contributed by atoms with E-state index in [-0.39, 0.29) is 6.04 Å². The zero-order chi connectivity index (χ0) is 9.80. The van der Waals surface area contributed by atoms with Gasteiger partial charge in [-0.15, -0.1) is 0 Å². The maximum absolute atomic E-state index is 5.72. The van der Waals surface area contributed by atoms with Crippen LogP contribution in [0.3, 0.4) is 0 Å². The summed E-state index contributed by atoms with van der Waals surface area (Å²) in [5, 5.41) is 3.55. The highest BCUT2D eigenvalue weighted by Gasteiger charge is 2.20. The Labute approximate surface area is 84.7 Å². The average molecular weight is 194 g/mol. The Kier molecular flexibility index (Phi) is 3.22. The molecule has 1 unspecified atom stereocenters. The molecule has 3 heteroatoms. The second-order valence-corrected chi connectivity index (χ2v) is 3.95. The monoisotopic (exact) mass is 194 g/mol. The lowest BCUT2D eigenvalue weighted by Crippen LogP contribution is -2.34. The largest absolute Gasteiger partial charge is 0.468 e. The minimum absolute atomic E-state index is 0.188. The molecule has 3 N–H and O–H groups in total. The van der Waals surface area contributed by atoms with Gasteiger partial charge in [0.25, 0.3) is 0 Å². The molecule has 1 saturated carbocycles. The molecule has 1 aliphatic rings. The van der Waals surface area contributed by atoms with Gasteiger partial charge < -0.3 is 15.5 Å². The minimum atomic E-state index is 0.188. The summed E-state index contributed by atoms with van der Waals surface area (Å²) in [6.07, 6.45) is 6.93. The number of hydrogen-bond donors (Lipinski definition) is 2. The number of nitrogens with two attached hydrogens (primary N) is 1. The first-order chi connectivity index (χ1) is 6.90. The van der Waals surface area contributed by atoms with E-state index in [0.29, 0.717) is 12.6 Å². The zero-order valence-corrected chi connectivity index (χ0v) is 8.41. The molecular weight excluding hydrogens is 176 g/mol. The molecule has 0 saturated heterocycles. The van der Waals surface area contributed by atoms with Gasteiger partial charge >= 0.3 is 0 Å². The van der Waals surface area contributed by atoms with Crippen molar-refractivity contribution in [1.29, 1.82) is 0 Å². The summed E-state index contributed by atoms with van der Waals surface area (Å²) in [4.78, 5) is 0. The van der Waals surface area contributed by atoms with Crippen LogP contribution in [0.5, 0.6) is 0 Å². The summed E-state index contributed by atoms with van der Waals surface area (Å²) in [5.41, 5.74) is 5.72. The fraction of sp³-hybridized carbons (Fsp3) is 0.636. The van der Waals surface area contributed by atoms with E-state index in [4.69, 9.17) is 10.2 Å². The SMILES string of the molecule is NCC(NC1CCCC1)c1ccco1. The Bertz CT molecular complexity index is 252. The lowest BCUT2D eigenvalue weighted by molar-refractivity contribution is 0.377. The molecule has 0 bridgehead atoms. The van der Waals surface area contributed by atoms with E-state index in [1.807, 2.05) is 12.1 Å². The first kappa shape index (κ1) is 9.74. The third-order valence-corrected chi connectivity index (χ3v) is 2.91. The molecule has 0 radical (unpaired) electrons. The highest BCUT2D eigenvalue weighted by Crippen LogP contribution is 2.21. The van der Waals surface area contributed by atoms with Gasteiger partial charge in [0.1, 0.15) is 5.76 Å². The van der Waals surface area contributed by atoms with Crippen LogP contribution >= 0.6 is 0 Å². The van der Waals surface area contributed by atoms with E-state index >= 15 is 0 Å². The van der Waals surface area contributed by atoms with Crippen molar-refractivity contribution in [2.24, 2.45) is 5.73 Å². The van der Waals surface area contributed by atoms with Crippen molar-refractivity contribution in [2.75, 3.05) is 6.54 Å². The fourth-order valence-corrected chi connectivity index (χ4v) is 2.13. The first-order valence-corrected chi connectivity index (χ1v) is 5.39. The van der Waals surface area contributed by atoms with Crippen molar-refractivity contribution in [2.45, 2.75) is 37.8 Å². The Hall–Kier alpha value is -0.800. The van der Waals surface area contributed by atoms with Crippen LogP contribution in [0, 0.1) is 0 Å². The fourth-order valence-electron chi connectivity index (χ4n) is 2.13. The molecule has 14 heavy (non-hydrogen) atoms. The van der Waals surface area contributed by atoms with Gasteiger partial charge in [-0.3, -0.25) is 0 Å². The second kappa shape index (κ2) is 4.62. The van der Waals surface area contributed by atoms with Crippen molar-refractivity contribution >= 4 is 0 Å². The molecule has 3 nitrogen and oxygen atoms in total. The lowest BCUT2D eigenvalue weighted by atomic mass is 10.1. The van der Waals surface area contributed by atoms with E-state index in [2.05, 4.69) is 5.32 Å². The number of rotatable bonds is 4. The summed E-state index contributed by atoms with van der Waals surface area (Å²) in [7, 11) is 0. The van der Waals surface area contributed by atoms with Gasteiger partial charge in [0.2, 0.25) is 0 Å². The molecule has 2 rings (SSSR count). The maximum Gasteiger partial charge on any atom is 0.121 e. The molecule has 1 aliphatic carbocycles. The third kappa shape index (κ3) is 2.16. The highest BCUT2D eigenvalue weighted by molar-refractivity contribution is 5.05. The first-order valence-electron chi connectivity index (χ1n) is 5.39. The van der Waals surface area contributed by atoms with E-state index in [9.17, 15) is 0 Å². The van der Waals surface area contributed by atoms with E-state index in [0.717, 1.165) is 5.76 Å². The lowest BCUT2D eigenvalue weighted by Gasteiger charge is -2.19. The minimum Gasteiger partial charge on any atom is -0.468 e. The van der Waals surface area contributed by atoms with Crippen LogP contribution < -0.4 is 11.1 Å². The van der Waals surface area contributed by atoms with Crippen molar-refractivity contribution in [3.63, 3.8) is 0 Å². The molecule has 78 valence electrons. The molecule has 1 fully saturated rings. The predicted octanol–water partition coefficient (Wildman–Crippen LogP) is 1.81. The van der Waals surface area contributed by atoms with E-state index in [1.165, 1.54) is 25.7 Å². The highest BCUT2D eigenvalue weighted by atomic mass is 16.3. The second-order valence-electron chi connectivity index (χ2n) is 3.95. The normalized spacial score (nSPS) is 20.1. The van der Waals surface area contributed by atoms with Gasteiger partial charge in [-0.25, -0.2) is 0 Å². The maximum atomic E-state index is 5.72. The van der Waals surface area contributed by atoms with Gasteiger partial charge in [0.05, 0.1) is 12.3 Å². The summed E-state index contributed by atoms with van der Waals surface area (Å²) in [6, 6.07) is 4.72. The van der Waals surface area contributed by atoms with Crippen LogP contribution in [0.15, 0.2) is 22.8 Å². The molecule has 0 aromatic carbocycles. The summed E-state index contributed by atoms with van der Waals surface area (Å²) < 4.78 is 5.35. The van der Waals surface area contributed by atoms with Crippen molar-refractivity contribution in [3.05, 3.63) is 24.2 Å². The van der Waals surface area contributed by atoms with Crippen molar-refractivity contribution in [1.82, 2.24) is 5.32 Å². The van der Waals surface area contributed by atoms with Gasteiger partial charge in [-0.05, 0) is 25.0 Å². The molecular formula is C11H18N2O. The number of hydrogen-bond acceptors (Lipinski definition) is 3. The van der Waals surface area contributed by atoms with E-state index < -0.39 is 0 Å². The Morgan fingerprint density at radius 2 is 2.29 bits per heavy atom. The van der Waals surface area contributed by atoms with Gasteiger partial charge in [-0.2, -0.15) is 0 Å². The van der Waals surface area contributed by atoms with Crippen molar-refractivity contribution in [3.8, 4) is 0 Å². The Morgan fingerprint density at radius 3 is 2.86 bits per heavy atom.